The first-order valence-electron chi connectivity index (χ1n) is 11.8. The Labute approximate surface area is 200 Å². The van der Waals surface area contributed by atoms with Crippen molar-refractivity contribution in [2.75, 3.05) is 11.4 Å². The van der Waals surface area contributed by atoms with Gasteiger partial charge in [0.15, 0.2) is 0 Å². The lowest BCUT2D eigenvalue weighted by molar-refractivity contribution is -0.659. The lowest BCUT2D eigenvalue weighted by Gasteiger charge is -2.22. The molecule has 0 spiro atoms. The van der Waals surface area contributed by atoms with Crippen molar-refractivity contribution in [2.24, 2.45) is 0 Å². The van der Waals surface area contributed by atoms with Crippen LogP contribution in [-0.4, -0.2) is 6.54 Å². The number of rotatable bonds is 10. The summed E-state index contributed by atoms with van der Waals surface area (Å²) in [5, 5.41) is 2.85. The Morgan fingerprint density at radius 3 is 2.42 bits per heavy atom. The first-order chi connectivity index (χ1) is 15.2. The molecule has 1 aliphatic heterocycles. The molecule has 4 rings (SSSR count). The van der Waals surface area contributed by atoms with Gasteiger partial charge in [-0.3, -0.25) is 0 Å². The maximum atomic E-state index is 6.48. The third-order valence-corrected chi connectivity index (χ3v) is 8.24. The Morgan fingerprint density at radius 1 is 0.935 bits per heavy atom. The largest absolute Gasteiger partial charge is 0.337 e. The summed E-state index contributed by atoms with van der Waals surface area (Å²) < 4.78 is 3.94. The smallest absolute Gasteiger partial charge is 0.248 e. The summed E-state index contributed by atoms with van der Waals surface area (Å²) in [4.78, 5) is 2.46. The second-order valence-corrected chi connectivity index (χ2v) is 10.5. The number of nitrogens with zero attached hydrogens (tertiary/aromatic N) is 2. The van der Waals surface area contributed by atoms with Gasteiger partial charge in [-0.05, 0) is 42.4 Å². The summed E-state index contributed by atoms with van der Waals surface area (Å²) in [5.41, 5.74) is 3.98. The van der Waals surface area contributed by atoms with E-state index in [9.17, 15) is 0 Å². The number of aryl methyl sites for hydroxylation is 2. The maximum Gasteiger partial charge on any atom is 0.337 e. The molecule has 1 aliphatic rings. The molecule has 5 heteroatoms. The molecule has 0 saturated carbocycles. The molecule has 0 bridgehead atoms. The molecule has 1 aromatic heterocycles. The summed E-state index contributed by atoms with van der Waals surface area (Å²) in [6.45, 7) is 5.18. The zero-order chi connectivity index (χ0) is 21.6. The van der Waals surface area contributed by atoms with Crippen LogP contribution in [0.4, 0.5) is 5.13 Å². The number of para-hydroxylation sites is 1. The van der Waals surface area contributed by atoms with E-state index in [1.54, 1.807) is 0 Å². The normalized spacial score (nSPS) is 13.7. The number of hydrogen-bond acceptors (Lipinski definition) is 2. The third-order valence-electron chi connectivity index (χ3n) is 6.33. The van der Waals surface area contributed by atoms with Crippen molar-refractivity contribution in [1.29, 1.82) is 0 Å². The molecule has 2 aromatic carbocycles. The van der Waals surface area contributed by atoms with Gasteiger partial charge in [0.25, 0.3) is 0 Å². The number of unbranched alkanes of at least 4 members (excludes halogenated alkanes) is 6. The van der Waals surface area contributed by atoms with E-state index in [1.807, 2.05) is 29.5 Å². The Balaban J connectivity index is 1.51. The van der Waals surface area contributed by atoms with Crippen molar-refractivity contribution in [3.8, 4) is 0 Å². The zero-order valence-electron chi connectivity index (χ0n) is 18.5. The molecule has 31 heavy (non-hydrogen) atoms. The highest BCUT2D eigenvalue weighted by Crippen LogP contribution is 2.34. The van der Waals surface area contributed by atoms with Gasteiger partial charge >= 0.3 is 5.13 Å². The number of anilines is 1. The van der Waals surface area contributed by atoms with Crippen LogP contribution in [0.3, 0.4) is 0 Å². The standard InChI is InChI=1S/C26H33Cl2N2S/c1-2-3-4-5-6-7-8-12-20-13-9-16-24-25(20)30-18-11-17-29(26(30)31-24)19-21-22(27)14-10-15-23(21)28/h9-10,13-16H,2-8,11-12,17-19H2,1H3/q+1. The minimum absolute atomic E-state index is 0.755. The first kappa shape index (κ1) is 22.9. The summed E-state index contributed by atoms with van der Waals surface area (Å²) in [6, 6.07) is 12.6. The van der Waals surface area contributed by atoms with E-state index in [2.05, 4.69) is 34.6 Å². The van der Waals surface area contributed by atoms with Gasteiger partial charge in [0.05, 0.1) is 17.8 Å². The average molecular weight is 477 g/mol. The summed E-state index contributed by atoms with van der Waals surface area (Å²) in [5.74, 6) is 0. The number of thiazole rings is 1. The molecule has 0 amide bonds. The second kappa shape index (κ2) is 11.0. The van der Waals surface area contributed by atoms with Crippen molar-refractivity contribution in [3.63, 3.8) is 0 Å². The van der Waals surface area contributed by atoms with Crippen LogP contribution in [0, 0.1) is 0 Å². The molecule has 2 nitrogen and oxygen atoms in total. The molecule has 0 aliphatic carbocycles. The van der Waals surface area contributed by atoms with Gasteiger partial charge < -0.3 is 0 Å². The number of aromatic nitrogens is 1. The Morgan fingerprint density at radius 2 is 1.65 bits per heavy atom. The lowest BCUT2D eigenvalue weighted by Crippen LogP contribution is -2.46. The monoisotopic (exact) mass is 475 g/mol. The summed E-state index contributed by atoms with van der Waals surface area (Å²) in [7, 11) is 0. The average Bonchev–Trinajstić information content (AvgIpc) is 3.16. The number of fused-ring (bicyclic) bond motifs is 3. The zero-order valence-corrected chi connectivity index (χ0v) is 20.8. The molecule has 0 atom stereocenters. The maximum absolute atomic E-state index is 6.48. The summed E-state index contributed by atoms with van der Waals surface area (Å²) >= 11 is 14.9. The van der Waals surface area contributed by atoms with E-state index >= 15 is 0 Å². The van der Waals surface area contributed by atoms with Crippen molar-refractivity contribution < 1.29 is 4.57 Å². The van der Waals surface area contributed by atoms with Gasteiger partial charge in [0.1, 0.15) is 12.1 Å². The fourth-order valence-corrected chi connectivity index (χ4v) is 6.43. The van der Waals surface area contributed by atoms with Crippen LogP contribution in [0.25, 0.3) is 10.2 Å². The van der Waals surface area contributed by atoms with E-state index in [4.69, 9.17) is 23.2 Å². The van der Waals surface area contributed by atoms with E-state index < -0.39 is 0 Å². The molecular weight excluding hydrogens is 443 g/mol. The molecule has 3 aromatic rings. The van der Waals surface area contributed by atoms with Crippen LogP contribution in [0.1, 0.15) is 69.4 Å². The quantitative estimate of drug-likeness (QED) is 0.211. The molecule has 166 valence electrons. The van der Waals surface area contributed by atoms with Crippen molar-refractivity contribution in [2.45, 2.75) is 77.8 Å². The Hall–Kier alpha value is -1.29. The van der Waals surface area contributed by atoms with Gasteiger partial charge in [0, 0.05) is 27.6 Å². The number of benzene rings is 2. The lowest BCUT2D eigenvalue weighted by atomic mass is 10.0. The molecule has 2 heterocycles. The number of hydrogen-bond donors (Lipinski definition) is 0. The predicted molar refractivity (Wildman–Crippen MR) is 136 cm³/mol. The Kier molecular flexibility index (Phi) is 8.14. The van der Waals surface area contributed by atoms with Crippen molar-refractivity contribution in [1.82, 2.24) is 0 Å². The van der Waals surface area contributed by atoms with Crippen molar-refractivity contribution in [3.05, 3.63) is 57.6 Å². The minimum atomic E-state index is 0.755. The van der Waals surface area contributed by atoms with E-state index in [-0.39, 0.29) is 0 Å². The highest BCUT2D eigenvalue weighted by atomic mass is 35.5. The molecule has 0 N–H and O–H groups in total. The highest BCUT2D eigenvalue weighted by Gasteiger charge is 2.31. The van der Waals surface area contributed by atoms with E-state index in [0.29, 0.717) is 0 Å². The molecule has 0 radical (unpaired) electrons. The Bertz CT molecular complexity index is 994. The number of halogens is 2. The fourth-order valence-electron chi connectivity index (χ4n) is 4.66. The SMILES string of the molecule is CCCCCCCCCc1cccc2sc3[n+](c12)CCCN3Cc1c(Cl)cccc1Cl. The van der Waals surface area contributed by atoms with E-state index in [0.717, 1.165) is 41.7 Å². The van der Waals surface area contributed by atoms with E-state index in [1.165, 1.54) is 72.3 Å². The second-order valence-electron chi connectivity index (χ2n) is 8.65. The van der Waals surface area contributed by atoms with Gasteiger partial charge in [-0.15, -0.1) is 0 Å². The highest BCUT2D eigenvalue weighted by molar-refractivity contribution is 7.21. The summed E-state index contributed by atoms with van der Waals surface area (Å²) in [6.07, 6.45) is 11.8. The van der Waals surface area contributed by atoms with Crippen LogP contribution in [0.15, 0.2) is 36.4 Å². The molecule has 0 fully saturated rings. The predicted octanol–water partition coefficient (Wildman–Crippen LogP) is 8.20. The minimum Gasteiger partial charge on any atom is -0.248 e. The first-order valence-corrected chi connectivity index (χ1v) is 13.4. The van der Waals surface area contributed by atoms with Crippen LogP contribution in [0.5, 0.6) is 0 Å². The third kappa shape index (κ3) is 5.38. The molecule has 0 saturated heterocycles. The topological polar surface area (TPSA) is 7.12 Å². The van der Waals surface area contributed by atoms with Crippen LogP contribution >= 0.6 is 34.5 Å². The van der Waals surface area contributed by atoms with Crippen LogP contribution in [0.2, 0.25) is 10.0 Å². The fraction of sp³-hybridized carbons (Fsp3) is 0.500. The van der Waals surface area contributed by atoms with Crippen LogP contribution < -0.4 is 9.47 Å². The van der Waals surface area contributed by atoms with Gasteiger partial charge in [-0.1, -0.05) is 86.8 Å². The van der Waals surface area contributed by atoms with Crippen molar-refractivity contribution >= 4 is 49.9 Å². The van der Waals surface area contributed by atoms with Gasteiger partial charge in [0.2, 0.25) is 0 Å². The molecule has 0 unspecified atom stereocenters. The van der Waals surface area contributed by atoms with Gasteiger partial charge in [-0.25, -0.2) is 9.47 Å². The van der Waals surface area contributed by atoms with Crippen LogP contribution in [-0.2, 0) is 19.5 Å². The molecular formula is C26H33Cl2N2S+. The van der Waals surface area contributed by atoms with Gasteiger partial charge in [-0.2, -0.15) is 0 Å².